The molecule has 0 aliphatic carbocycles. The zero-order chi connectivity index (χ0) is 17.8. The summed E-state index contributed by atoms with van der Waals surface area (Å²) in [5, 5.41) is 9.90. The van der Waals surface area contributed by atoms with Gasteiger partial charge >= 0.3 is 5.97 Å². The first kappa shape index (κ1) is 17.1. The second-order valence-electron chi connectivity index (χ2n) is 5.40. The van der Waals surface area contributed by atoms with E-state index in [9.17, 15) is 14.3 Å². The Bertz CT molecular complexity index is 899. The minimum atomic E-state index is -1.06. The molecule has 3 rings (SSSR count). The Hall–Kier alpha value is -2.73. The Morgan fingerprint density at radius 2 is 1.76 bits per heavy atom. The Labute approximate surface area is 148 Å². The van der Waals surface area contributed by atoms with Crippen molar-refractivity contribution in [2.45, 2.75) is 17.7 Å². The number of carboxylic acid groups (broad SMARTS) is 1. The summed E-state index contributed by atoms with van der Waals surface area (Å²) in [5.41, 5.74) is 2.20. The fourth-order valence-electron chi connectivity index (χ4n) is 2.35. The Morgan fingerprint density at radius 1 is 1.08 bits per heavy atom. The highest BCUT2D eigenvalue weighted by molar-refractivity contribution is 7.98. The van der Waals surface area contributed by atoms with Gasteiger partial charge < -0.3 is 5.11 Å². The first-order valence-electron chi connectivity index (χ1n) is 7.59. The summed E-state index contributed by atoms with van der Waals surface area (Å²) in [6.45, 7) is 1.64. The number of rotatable bonds is 5. The van der Waals surface area contributed by atoms with Gasteiger partial charge in [0.25, 0.3) is 0 Å². The lowest BCUT2D eigenvalue weighted by molar-refractivity contribution is 0.0690. The van der Waals surface area contributed by atoms with Crippen molar-refractivity contribution in [2.75, 3.05) is 0 Å². The second-order valence-corrected chi connectivity index (χ2v) is 6.36. The molecule has 3 aromatic rings. The SMILES string of the molecule is Cc1nc(-c2ccc(F)cc2)nc(SCc2ccccc2)c1C(=O)O. The molecule has 0 amide bonds. The predicted molar refractivity (Wildman–Crippen MR) is 95.1 cm³/mol. The van der Waals surface area contributed by atoms with Gasteiger partial charge in [0.2, 0.25) is 0 Å². The number of thioether (sulfide) groups is 1. The molecule has 0 saturated heterocycles. The van der Waals surface area contributed by atoms with Gasteiger partial charge in [-0.15, -0.1) is 11.8 Å². The first-order chi connectivity index (χ1) is 12.0. The molecule has 0 fully saturated rings. The molecule has 4 nitrogen and oxygen atoms in total. The third-order valence-corrected chi connectivity index (χ3v) is 4.64. The van der Waals surface area contributed by atoms with E-state index in [1.165, 1.54) is 23.9 Å². The fourth-order valence-corrected chi connectivity index (χ4v) is 3.38. The van der Waals surface area contributed by atoms with Crippen molar-refractivity contribution >= 4 is 17.7 Å². The fraction of sp³-hybridized carbons (Fsp3) is 0.105. The molecule has 6 heteroatoms. The van der Waals surface area contributed by atoms with Crippen molar-refractivity contribution in [3.8, 4) is 11.4 Å². The van der Waals surface area contributed by atoms with Crippen LogP contribution < -0.4 is 0 Å². The molecule has 2 aromatic carbocycles. The molecule has 0 unspecified atom stereocenters. The van der Waals surface area contributed by atoms with Crippen LogP contribution in [-0.2, 0) is 5.75 Å². The summed E-state index contributed by atoms with van der Waals surface area (Å²) in [4.78, 5) is 20.3. The third kappa shape index (κ3) is 4.03. The van der Waals surface area contributed by atoms with Gasteiger partial charge in [0.1, 0.15) is 16.4 Å². The van der Waals surface area contributed by atoms with E-state index < -0.39 is 5.97 Å². The Balaban J connectivity index is 1.98. The minimum Gasteiger partial charge on any atom is -0.478 e. The summed E-state index contributed by atoms with van der Waals surface area (Å²) in [5.74, 6) is -0.418. The van der Waals surface area contributed by atoms with Gasteiger partial charge in [-0.2, -0.15) is 0 Å². The molecule has 0 saturated carbocycles. The minimum absolute atomic E-state index is 0.104. The molecular weight excluding hydrogens is 339 g/mol. The second kappa shape index (κ2) is 7.44. The molecule has 0 atom stereocenters. The molecule has 0 aliphatic rings. The van der Waals surface area contributed by atoms with Gasteiger partial charge in [-0.1, -0.05) is 30.3 Å². The molecule has 0 bridgehead atoms. The molecule has 1 N–H and O–H groups in total. The van der Waals surface area contributed by atoms with E-state index in [0.29, 0.717) is 27.9 Å². The number of nitrogens with zero attached hydrogens (tertiary/aromatic N) is 2. The van der Waals surface area contributed by atoms with Gasteiger partial charge in [0, 0.05) is 11.3 Å². The third-order valence-electron chi connectivity index (χ3n) is 3.59. The lowest BCUT2D eigenvalue weighted by Crippen LogP contribution is -2.08. The standard InChI is InChI=1S/C19H15FN2O2S/c1-12-16(19(23)24)18(25-11-13-5-3-2-4-6-13)22-17(21-12)14-7-9-15(20)10-8-14/h2-10H,11H2,1H3,(H,23,24). The first-order valence-corrected chi connectivity index (χ1v) is 8.58. The van der Waals surface area contributed by atoms with Crippen LogP contribution in [0.4, 0.5) is 4.39 Å². The van der Waals surface area contributed by atoms with Crippen LogP contribution in [0, 0.1) is 12.7 Å². The number of halogens is 1. The number of hydrogen-bond donors (Lipinski definition) is 1. The highest BCUT2D eigenvalue weighted by atomic mass is 32.2. The largest absolute Gasteiger partial charge is 0.478 e. The van der Waals surface area contributed by atoms with E-state index in [-0.39, 0.29) is 11.4 Å². The number of carboxylic acids is 1. The van der Waals surface area contributed by atoms with Crippen molar-refractivity contribution in [3.63, 3.8) is 0 Å². The van der Waals surface area contributed by atoms with Crippen molar-refractivity contribution in [1.29, 1.82) is 0 Å². The highest BCUT2D eigenvalue weighted by Crippen LogP contribution is 2.28. The van der Waals surface area contributed by atoms with E-state index in [1.807, 2.05) is 30.3 Å². The predicted octanol–water partition coefficient (Wildman–Crippen LogP) is 4.58. The van der Waals surface area contributed by atoms with Gasteiger partial charge in [0.05, 0.1) is 5.69 Å². The van der Waals surface area contributed by atoms with Crippen LogP contribution >= 0.6 is 11.8 Å². The molecule has 126 valence electrons. The number of aromatic carboxylic acids is 1. The van der Waals surface area contributed by atoms with Crippen molar-refractivity contribution in [1.82, 2.24) is 9.97 Å². The number of hydrogen-bond acceptors (Lipinski definition) is 4. The van der Waals surface area contributed by atoms with Gasteiger partial charge in [-0.05, 0) is 36.8 Å². The van der Waals surface area contributed by atoms with Crippen LogP contribution in [0.15, 0.2) is 59.6 Å². The molecule has 0 radical (unpaired) electrons. The number of carbonyl (C=O) groups is 1. The topological polar surface area (TPSA) is 63.1 Å². The lowest BCUT2D eigenvalue weighted by Gasteiger charge is -2.10. The van der Waals surface area contributed by atoms with E-state index in [4.69, 9.17) is 0 Å². The van der Waals surface area contributed by atoms with E-state index in [0.717, 1.165) is 5.56 Å². The van der Waals surface area contributed by atoms with Crippen molar-refractivity contribution < 1.29 is 14.3 Å². The maximum absolute atomic E-state index is 13.1. The number of aromatic nitrogens is 2. The molecule has 25 heavy (non-hydrogen) atoms. The van der Waals surface area contributed by atoms with E-state index in [1.54, 1.807) is 19.1 Å². The summed E-state index contributed by atoms with van der Waals surface area (Å²) in [7, 11) is 0. The molecular formula is C19H15FN2O2S. The van der Waals surface area contributed by atoms with Crippen LogP contribution in [0.2, 0.25) is 0 Å². The van der Waals surface area contributed by atoms with Crippen LogP contribution in [0.1, 0.15) is 21.6 Å². The van der Waals surface area contributed by atoms with Gasteiger partial charge in [-0.3, -0.25) is 0 Å². The highest BCUT2D eigenvalue weighted by Gasteiger charge is 2.19. The van der Waals surface area contributed by atoms with Gasteiger partial charge in [-0.25, -0.2) is 19.2 Å². The molecule has 0 spiro atoms. The maximum Gasteiger partial charge on any atom is 0.340 e. The monoisotopic (exact) mass is 354 g/mol. The summed E-state index contributed by atoms with van der Waals surface area (Å²) < 4.78 is 13.1. The Kier molecular flexibility index (Phi) is 5.09. The number of benzene rings is 2. The molecule has 0 aliphatic heterocycles. The summed E-state index contributed by atoms with van der Waals surface area (Å²) in [6.07, 6.45) is 0. The van der Waals surface area contributed by atoms with Crippen LogP contribution in [-0.4, -0.2) is 21.0 Å². The van der Waals surface area contributed by atoms with Crippen molar-refractivity contribution in [2.24, 2.45) is 0 Å². The maximum atomic E-state index is 13.1. The van der Waals surface area contributed by atoms with Crippen LogP contribution in [0.5, 0.6) is 0 Å². The number of aryl methyl sites for hydroxylation is 1. The quantitative estimate of drug-likeness (QED) is 0.537. The molecule has 1 heterocycles. The summed E-state index contributed by atoms with van der Waals surface area (Å²) in [6, 6.07) is 15.6. The van der Waals surface area contributed by atoms with E-state index >= 15 is 0 Å². The summed E-state index contributed by atoms with van der Waals surface area (Å²) >= 11 is 1.35. The van der Waals surface area contributed by atoms with E-state index in [2.05, 4.69) is 9.97 Å². The van der Waals surface area contributed by atoms with Crippen LogP contribution in [0.25, 0.3) is 11.4 Å². The normalized spacial score (nSPS) is 10.6. The zero-order valence-electron chi connectivity index (χ0n) is 13.4. The molecule has 1 aromatic heterocycles. The van der Waals surface area contributed by atoms with Crippen molar-refractivity contribution in [3.05, 3.63) is 77.2 Å². The average Bonchev–Trinajstić information content (AvgIpc) is 2.60. The Morgan fingerprint density at radius 3 is 2.40 bits per heavy atom. The van der Waals surface area contributed by atoms with Crippen LogP contribution in [0.3, 0.4) is 0 Å². The van der Waals surface area contributed by atoms with Gasteiger partial charge in [0.15, 0.2) is 5.82 Å². The smallest absolute Gasteiger partial charge is 0.340 e. The zero-order valence-corrected chi connectivity index (χ0v) is 14.3. The average molecular weight is 354 g/mol. The lowest BCUT2D eigenvalue weighted by atomic mass is 10.2.